The van der Waals surface area contributed by atoms with Gasteiger partial charge in [0.1, 0.15) is 0 Å². The number of rotatable bonds is 6. The molecule has 0 N–H and O–H groups in total. The number of carbonyl (C=O) groups excluding carboxylic acids is 1. The first-order valence-electron chi connectivity index (χ1n) is 9.59. The number of amides is 1. The number of aryl methyl sites for hydroxylation is 1. The van der Waals surface area contributed by atoms with Crippen molar-refractivity contribution in [2.45, 2.75) is 13.3 Å². The monoisotopic (exact) mass is 448 g/mol. The summed E-state index contributed by atoms with van der Waals surface area (Å²) in [6.07, 6.45) is 5.60. The zero-order chi connectivity index (χ0) is 21.1. The number of hydrogen-bond acceptors (Lipinski definition) is 5. The van der Waals surface area contributed by atoms with E-state index in [9.17, 15) is 4.79 Å². The Bertz CT molecular complexity index is 1010. The van der Waals surface area contributed by atoms with Gasteiger partial charge >= 0.3 is 0 Å². The predicted octanol–water partition coefficient (Wildman–Crippen LogP) is 2.92. The van der Waals surface area contributed by atoms with E-state index in [1.54, 1.807) is 39.8 Å². The van der Waals surface area contributed by atoms with Crippen LogP contribution in [0, 0.1) is 0 Å². The molecule has 0 radical (unpaired) electrons. The van der Waals surface area contributed by atoms with Gasteiger partial charge in [0.25, 0.3) is 5.91 Å². The highest BCUT2D eigenvalue weighted by Gasteiger charge is 2.24. The van der Waals surface area contributed by atoms with E-state index in [-0.39, 0.29) is 12.6 Å². The molecule has 0 bridgehead atoms. The molecule has 0 aliphatic carbocycles. The molecule has 4 rings (SSSR count). The lowest BCUT2D eigenvalue weighted by molar-refractivity contribution is 0.0621. The lowest BCUT2D eigenvalue weighted by Gasteiger charge is -2.34. The number of aromatic nitrogens is 4. The highest BCUT2D eigenvalue weighted by Crippen LogP contribution is 2.32. The molecule has 1 aliphatic rings. The van der Waals surface area contributed by atoms with Crippen LogP contribution in [-0.4, -0.2) is 61.4 Å². The molecule has 1 aromatic carbocycles. The summed E-state index contributed by atoms with van der Waals surface area (Å²) in [5, 5.41) is 9.39. The number of nitrogens with zero attached hydrogens (tertiary/aromatic N) is 6. The molecule has 158 valence electrons. The summed E-state index contributed by atoms with van der Waals surface area (Å²) in [5.41, 5.74) is 1.57. The van der Waals surface area contributed by atoms with Crippen LogP contribution in [0.5, 0.6) is 5.75 Å². The minimum absolute atomic E-state index is 0.0782. The van der Waals surface area contributed by atoms with Gasteiger partial charge in [-0.3, -0.25) is 14.4 Å². The number of para-hydroxylation sites is 1. The fourth-order valence-corrected chi connectivity index (χ4v) is 3.89. The smallest absolute Gasteiger partial charge is 0.274 e. The lowest BCUT2D eigenvalue weighted by Crippen LogP contribution is -2.48. The SMILES string of the molecule is Cn1cc(CN2CCN(C(=O)c3ccn(COc4c(Cl)cccc4Cl)n3)CC2)cn1. The molecule has 30 heavy (non-hydrogen) atoms. The minimum Gasteiger partial charge on any atom is -0.468 e. The molecule has 10 heteroatoms. The minimum atomic E-state index is -0.0782. The number of piperazine rings is 1. The first-order valence-corrected chi connectivity index (χ1v) is 10.3. The topological polar surface area (TPSA) is 68.4 Å². The first-order chi connectivity index (χ1) is 14.5. The summed E-state index contributed by atoms with van der Waals surface area (Å²) >= 11 is 12.2. The average molecular weight is 449 g/mol. The second-order valence-electron chi connectivity index (χ2n) is 7.16. The van der Waals surface area contributed by atoms with Gasteiger partial charge in [-0.15, -0.1) is 0 Å². The van der Waals surface area contributed by atoms with Crippen LogP contribution in [0.25, 0.3) is 0 Å². The van der Waals surface area contributed by atoms with Crippen molar-refractivity contribution in [2.24, 2.45) is 7.05 Å². The van der Waals surface area contributed by atoms with Crippen LogP contribution in [-0.2, 0) is 20.3 Å². The van der Waals surface area contributed by atoms with E-state index in [2.05, 4.69) is 15.1 Å². The van der Waals surface area contributed by atoms with E-state index in [0.29, 0.717) is 34.6 Å². The van der Waals surface area contributed by atoms with E-state index in [1.165, 1.54) is 5.56 Å². The molecule has 1 aliphatic heterocycles. The van der Waals surface area contributed by atoms with Crippen LogP contribution >= 0.6 is 23.2 Å². The molecular weight excluding hydrogens is 427 g/mol. The molecule has 8 nitrogen and oxygen atoms in total. The Labute approximate surface area is 184 Å². The predicted molar refractivity (Wildman–Crippen MR) is 114 cm³/mol. The fourth-order valence-electron chi connectivity index (χ4n) is 3.38. The Morgan fingerprint density at radius 3 is 2.53 bits per heavy atom. The van der Waals surface area contributed by atoms with Crippen LogP contribution in [0.15, 0.2) is 42.9 Å². The van der Waals surface area contributed by atoms with Crippen molar-refractivity contribution in [2.75, 3.05) is 26.2 Å². The third kappa shape index (κ3) is 4.77. The van der Waals surface area contributed by atoms with Crippen molar-refractivity contribution >= 4 is 29.1 Å². The van der Waals surface area contributed by atoms with E-state index < -0.39 is 0 Å². The van der Waals surface area contributed by atoms with Crippen LogP contribution < -0.4 is 4.74 Å². The number of ether oxygens (including phenoxy) is 1. The molecule has 0 unspecified atom stereocenters. The first kappa shape index (κ1) is 20.7. The summed E-state index contributed by atoms with van der Waals surface area (Å²) in [4.78, 5) is 17.0. The molecule has 1 amide bonds. The highest BCUT2D eigenvalue weighted by molar-refractivity contribution is 6.37. The maximum Gasteiger partial charge on any atom is 0.274 e. The quantitative estimate of drug-likeness (QED) is 0.579. The molecule has 0 spiro atoms. The van der Waals surface area contributed by atoms with E-state index in [1.807, 2.05) is 24.3 Å². The molecule has 0 saturated carbocycles. The van der Waals surface area contributed by atoms with E-state index in [0.717, 1.165) is 19.6 Å². The second kappa shape index (κ2) is 9.07. The summed E-state index contributed by atoms with van der Waals surface area (Å²) < 4.78 is 9.01. The molecule has 3 heterocycles. The fraction of sp³-hybridized carbons (Fsp3) is 0.350. The van der Waals surface area contributed by atoms with Gasteiger partial charge < -0.3 is 9.64 Å². The van der Waals surface area contributed by atoms with Crippen molar-refractivity contribution < 1.29 is 9.53 Å². The van der Waals surface area contributed by atoms with Gasteiger partial charge in [0, 0.05) is 57.7 Å². The summed E-state index contributed by atoms with van der Waals surface area (Å²) in [5.74, 6) is 0.319. The standard InChI is InChI=1S/C20H22Cl2N6O2/c1-25-12-15(11-23-25)13-26-7-9-27(10-8-26)20(29)18-5-6-28(24-18)14-30-19-16(21)3-2-4-17(19)22/h2-6,11-12H,7-10,13-14H2,1H3. The van der Waals surface area contributed by atoms with E-state index >= 15 is 0 Å². The number of carbonyl (C=O) groups is 1. The molecule has 1 fully saturated rings. The zero-order valence-electron chi connectivity index (χ0n) is 16.5. The second-order valence-corrected chi connectivity index (χ2v) is 7.97. The Balaban J connectivity index is 1.30. The van der Waals surface area contributed by atoms with Crippen LogP contribution in [0.4, 0.5) is 0 Å². The number of halogens is 2. The largest absolute Gasteiger partial charge is 0.468 e. The third-order valence-corrected chi connectivity index (χ3v) is 5.54. The molecule has 3 aromatic rings. The summed E-state index contributed by atoms with van der Waals surface area (Å²) in [7, 11) is 1.91. The maximum atomic E-state index is 12.8. The van der Waals surface area contributed by atoms with Gasteiger partial charge in [-0.1, -0.05) is 29.3 Å². The van der Waals surface area contributed by atoms with Gasteiger partial charge in [0.05, 0.1) is 16.2 Å². The van der Waals surface area contributed by atoms with Crippen molar-refractivity contribution in [3.8, 4) is 5.75 Å². The molecule has 2 aromatic heterocycles. The Morgan fingerprint density at radius 1 is 1.13 bits per heavy atom. The van der Waals surface area contributed by atoms with Gasteiger partial charge in [0.2, 0.25) is 0 Å². The number of benzene rings is 1. The zero-order valence-corrected chi connectivity index (χ0v) is 18.1. The van der Waals surface area contributed by atoms with Crippen molar-refractivity contribution in [3.63, 3.8) is 0 Å². The summed E-state index contributed by atoms with van der Waals surface area (Å²) in [6, 6.07) is 6.85. The Hall–Kier alpha value is -2.55. The highest BCUT2D eigenvalue weighted by atomic mass is 35.5. The van der Waals surface area contributed by atoms with Gasteiger partial charge in [0.15, 0.2) is 18.2 Å². The van der Waals surface area contributed by atoms with Crippen molar-refractivity contribution in [3.05, 3.63) is 64.2 Å². The van der Waals surface area contributed by atoms with Crippen LogP contribution in [0.2, 0.25) is 10.0 Å². The van der Waals surface area contributed by atoms with Crippen molar-refractivity contribution in [1.29, 1.82) is 0 Å². The molecular formula is C20H22Cl2N6O2. The van der Waals surface area contributed by atoms with Gasteiger partial charge in [-0.25, -0.2) is 4.68 Å². The average Bonchev–Trinajstić information content (AvgIpc) is 3.37. The maximum absolute atomic E-state index is 12.8. The normalized spacial score (nSPS) is 14.8. The van der Waals surface area contributed by atoms with Gasteiger partial charge in [-0.05, 0) is 18.2 Å². The number of hydrogen-bond donors (Lipinski definition) is 0. The van der Waals surface area contributed by atoms with Gasteiger partial charge in [-0.2, -0.15) is 10.2 Å². The summed E-state index contributed by atoms with van der Waals surface area (Å²) in [6.45, 7) is 3.91. The van der Waals surface area contributed by atoms with E-state index in [4.69, 9.17) is 27.9 Å². The third-order valence-electron chi connectivity index (χ3n) is 4.94. The van der Waals surface area contributed by atoms with Crippen LogP contribution in [0.3, 0.4) is 0 Å². The Morgan fingerprint density at radius 2 is 1.87 bits per heavy atom. The Kier molecular flexibility index (Phi) is 6.26. The molecule has 0 atom stereocenters. The molecule has 1 saturated heterocycles. The van der Waals surface area contributed by atoms with Crippen molar-refractivity contribution in [1.82, 2.24) is 29.4 Å². The lowest BCUT2D eigenvalue weighted by atomic mass is 10.2. The van der Waals surface area contributed by atoms with Crippen LogP contribution in [0.1, 0.15) is 16.1 Å².